The molecule has 9 heteroatoms. The summed E-state index contributed by atoms with van der Waals surface area (Å²) in [5.41, 5.74) is 2.13. The van der Waals surface area contributed by atoms with Crippen LogP contribution in [0, 0.1) is 11.3 Å². The second kappa shape index (κ2) is 9.88. The molecule has 1 aliphatic rings. The highest BCUT2D eigenvalue weighted by atomic mass is 16.3. The highest BCUT2D eigenvalue weighted by molar-refractivity contribution is 6.02. The summed E-state index contributed by atoms with van der Waals surface area (Å²) in [5, 5.41) is 20.5. The van der Waals surface area contributed by atoms with Crippen molar-refractivity contribution in [3.8, 4) is 23.0 Å². The normalized spacial score (nSPS) is 18.0. The Labute approximate surface area is 222 Å². The van der Waals surface area contributed by atoms with E-state index in [-0.39, 0.29) is 24.4 Å². The molecule has 3 aromatic heterocycles. The van der Waals surface area contributed by atoms with Crippen LogP contribution in [-0.2, 0) is 4.79 Å². The Bertz CT molecular complexity index is 1520. The number of anilines is 1. The molecule has 9 nitrogen and oxygen atoms in total. The van der Waals surface area contributed by atoms with Gasteiger partial charge in [-0.2, -0.15) is 5.26 Å². The summed E-state index contributed by atoms with van der Waals surface area (Å²) in [6, 6.07) is 15.6. The van der Waals surface area contributed by atoms with E-state index in [1.165, 1.54) is 0 Å². The molecule has 38 heavy (non-hydrogen) atoms. The van der Waals surface area contributed by atoms with Gasteiger partial charge in [-0.3, -0.25) is 9.36 Å². The molecule has 4 aromatic rings. The number of rotatable bonds is 5. The van der Waals surface area contributed by atoms with Crippen LogP contribution in [-0.4, -0.2) is 66.2 Å². The van der Waals surface area contributed by atoms with E-state index >= 15 is 0 Å². The van der Waals surface area contributed by atoms with E-state index in [0.29, 0.717) is 30.1 Å². The number of nitrogens with zero attached hydrogens (tertiary/aromatic N) is 7. The Morgan fingerprint density at radius 3 is 2.58 bits per heavy atom. The molecule has 1 N–H and O–H groups in total. The van der Waals surface area contributed by atoms with E-state index < -0.39 is 5.60 Å². The van der Waals surface area contributed by atoms with Crippen LogP contribution in [0.4, 0.5) is 5.82 Å². The molecule has 194 valence electrons. The lowest BCUT2D eigenvalue weighted by atomic mass is 10.0. The molecule has 0 radical (unpaired) electrons. The molecule has 1 aromatic carbocycles. The van der Waals surface area contributed by atoms with E-state index in [1.807, 2.05) is 52.9 Å². The fourth-order valence-electron chi connectivity index (χ4n) is 5.14. The van der Waals surface area contributed by atoms with Crippen LogP contribution >= 0.6 is 0 Å². The highest BCUT2D eigenvalue weighted by Gasteiger charge is 2.35. The van der Waals surface area contributed by atoms with Gasteiger partial charge in [0.2, 0.25) is 5.91 Å². The summed E-state index contributed by atoms with van der Waals surface area (Å²) >= 11 is 0. The van der Waals surface area contributed by atoms with Crippen LogP contribution < -0.4 is 4.90 Å². The van der Waals surface area contributed by atoms with Crippen molar-refractivity contribution in [1.29, 1.82) is 5.26 Å². The predicted octanol–water partition coefficient (Wildman–Crippen LogP) is 3.94. The number of fused-ring (bicyclic) bond motifs is 1. The van der Waals surface area contributed by atoms with Gasteiger partial charge in [0.1, 0.15) is 18.0 Å². The minimum atomic E-state index is -1.06. The lowest BCUT2D eigenvalue weighted by molar-refractivity contribution is -0.138. The number of benzene rings is 1. The Hall–Kier alpha value is -4.29. The number of hydrogen-bond donors (Lipinski definition) is 1. The maximum Gasteiger partial charge on any atom is 0.225 e. The molecule has 0 unspecified atom stereocenters. The summed E-state index contributed by atoms with van der Waals surface area (Å²) in [4.78, 5) is 31.0. The minimum absolute atomic E-state index is 0.0120. The van der Waals surface area contributed by atoms with E-state index in [0.717, 1.165) is 22.3 Å². The fourth-order valence-corrected chi connectivity index (χ4v) is 5.14. The molecule has 0 aliphatic carbocycles. The van der Waals surface area contributed by atoms with Gasteiger partial charge in [0.05, 0.1) is 29.0 Å². The monoisotopic (exact) mass is 509 g/mol. The first-order valence-electron chi connectivity index (χ1n) is 12.7. The van der Waals surface area contributed by atoms with E-state index in [9.17, 15) is 15.2 Å². The van der Waals surface area contributed by atoms with E-state index in [4.69, 9.17) is 4.98 Å². The van der Waals surface area contributed by atoms with E-state index in [1.54, 1.807) is 38.5 Å². The number of nitriles is 1. The first-order chi connectivity index (χ1) is 18.2. The Morgan fingerprint density at radius 2 is 1.87 bits per heavy atom. The molecule has 5 rings (SSSR count). The van der Waals surface area contributed by atoms with Gasteiger partial charge in [0.25, 0.3) is 0 Å². The maximum atomic E-state index is 13.0. The smallest absolute Gasteiger partial charge is 0.225 e. The molecular weight excluding hydrogens is 478 g/mol. The van der Waals surface area contributed by atoms with Crippen LogP contribution in [0.3, 0.4) is 0 Å². The lowest BCUT2D eigenvalue weighted by Crippen LogP contribution is -2.59. The highest BCUT2D eigenvalue weighted by Crippen LogP contribution is 2.38. The van der Waals surface area contributed by atoms with Crippen LogP contribution in [0.1, 0.15) is 39.7 Å². The molecular formula is C29H31N7O2. The molecule has 1 aliphatic heterocycles. The third-order valence-electron chi connectivity index (χ3n) is 6.93. The van der Waals surface area contributed by atoms with Gasteiger partial charge in [0.15, 0.2) is 5.65 Å². The summed E-state index contributed by atoms with van der Waals surface area (Å²) in [5.74, 6) is 1.34. The number of pyridine rings is 1. The number of aliphatic hydroxyl groups is 1. The van der Waals surface area contributed by atoms with Crippen LogP contribution in [0.2, 0.25) is 0 Å². The second-order valence-electron chi connectivity index (χ2n) is 10.6. The third-order valence-corrected chi connectivity index (χ3v) is 6.93. The van der Waals surface area contributed by atoms with Crippen molar-refractivity contribution in [1.82, 2.24) is 24.4 Å². The zero-order chi connectivity index (χ0) is 27.0. The second-order valence-corrected chi connectivity index (χ2v) is 10.6. The number of carbonyl (C=O) groups excluding carboxylic acids is 1. The number of carbonyl (C=O) groups is 1. The first kappa shape index (κ1) is 25.4. The number of hydrogen-bond acceptors (Lipinski definition) is 7. The Morgan fingerprint density at radius 1 is 1.11 bits per heavy atom. The Balaban J connectivity index is 1.61. The standard InChI is InChI=1S/C29H31N7O2/c1-19-16-35(20(2)15-34(19)25(37)13-29(3,4)38)27-26-23(22-8-6-5-7-9-22)17-36(28(26)33-18-32-27)24-12-21(14-30)10-11-31-24/h5-12,17-20,38H,13,15-16H2,1-4H3/t19-,20+/m1/s1. The summed E-state index contributed by atoms with van der Waals surface area (Å²) in [6.45, 7) is 8.54. The molecule has 2 atom stereocenters. The van der Waals surface area contributed by atoms with Crippen molar-refractivity contribution in [3.05, 3.63) is 66.7 Å². The van der Waals surface area contributed by atoms with Crippen LogP contribution in [0.5, 0.6) is 0 Å². The number of aromatic nitrogens is 4. The molecule has 1 saturated heterocycles. The predicted molar refractivity (Wildman–Crippen MR) is 146 cm³/mol. The largest absolute Gasteiger partial charge is 0.390 e. The van der Waals surface area contributed by atoms with Gasteiger partial charge in [-0.05, 0) is 45.4 Å². The van der Waals surface area contributed by atoms with Gasteiger partial charge in [0, 0.05) is 43.1 Å². The average molecular weight is 510 g/mol. The SMILES string of the molecule is C[C@@H]1CN(c2ncnc3c2c(-c2ccccc2)cn3-c2cc(C#N)ccn2)[C@@H](C)CN1C(=O)CC(C)(C)O. The van der Waals surface area contributed by atoms with Gasteiger partial charge in [-0.15, -0.1) is 0 Å². The van der Waals surface area contributed by atoms with Gasteiger partial charge < -0.3 is 14.9 Å². The van der Waals surface area contributed by atoms with Crippen LogP contribution in [0.15, 0.2) is 61.2 Å². The molecule has 4 heterocycles. The number of piperazine rings is 1. The first-order valence-corrected chi connectivity index (χ1v) is 12.7. The molecule has 0 spiro atoms. The van der Waals surface area contributed by atoms with Crippen molar-refractivity contribution < 1.29 is 9.90 Å². The topological polar surface area (TPSA) is 111 Å². The fraction of sp³-hybridized carbons (Fsp3) is 0.345. The molecule has 1 amide bonds. The third kappa shape index (κ3) is 4.83. The van der Waals surface area contributed by atoms with Gasteiger partial charge >= 0.3 is 0 Å². The lowest BCUT2D eigenvalue weighted by Gasteiger charge is -2.45. The zero-order valence-electron chi connectivity index (χ0n) is 22.0. The van der Waals surface area contributed by atoms with Crippen molar-refractivity contribution in [2.75, 3.05) is 18.0 Å². The average Bonchev–Trinajstić information content (AvgIpc) is 3.29. The Kier molecular flexibility index (Phi) is 6.59. The van der Waals surface area contributed by atoms with Gasteiger partial charge in [-0.25, -0.2) is 15.0 Å². The quantitative estimate of drug-likeness (QED) is 0.434. The van der Waals surface area contributed by atoms with Crippen molar-refractivity contribution >= 4 is 22.8 Å². The summed E-state index contributed by atoms with van der Waals surface area (Å²) in [7, 11) is 0. The molecule has 0 bridgehead atoms. The minimum Gasteiger partial charge on any atom is -0.390 e. The van der Waals surface area contributed by atoms with Gasteiger partial charge in [-0.1, -0.05) is 30.3 Å². The van der Waals surface area contributed by atoms with Crippen molar-refractivity contribution in [3.63, 3.8) is 0 Å². The van der Waals surface area contributed by atoms with Crippen molar-refractivity contribution in [2.45, 2.75) is 51.8 Å². The summed E-state index contributed by atoms with van der Waals surface area (Å²) < 4.78 is 1.90. The molecule has 0 saturated carbocycles. The maximum absolute atomic E-state index is 13.0. The van der Waals surface area contributed by atoms with E-state index in [2.05, 4.69) is 27.9 Å². The summed E-state index contributed by atoms with van der Waals surface area (Å²) in [6.07, 6.45) is 5.26. The molecule has 1 fully saturated rings. The number of amides is 1. The van der Waals surface area contributed by atoms with Crippen molar-refractivity contribution in [2.24, 2.45) is 0 Å². The van der Waals surface area contributed by atoms with Crippen LogP contribution in [0.25, 0.3) is 28.0 Å². The zero-order valence-corrected chi connectivity index (χ0v) is 22.0.